The highest BCUT2D eigenvalue weighted by Crippen LogP contribution is 2.58. The molecule has 7 heteroatoms. The Bertz CT molecular complexity index is 570. The van der Waals surface area contributed by atoms with Crippen LogP contribution in [0.25, 0.3) is 0 Å². The molecule has 0 aliphatic heterocycles. The van der Waals surface area contributed by atoms with E-state index in [4.69, 9.17) is 4.74 Å². The Balaban J connectivity index is 1.46. The normalized spacial score (nSPS) is 21.4. The van der Waals surface area contributed by atoms with Crippen LogP contribution in [0.2, 0.25) is 0 Å². The van der Waals surface area contributed by atoms with Crippen LogP contribution in [0.5, 0.6) is 5.88 Å². The summed E-state index contributed by atoms with van der Waals surface area (Å²) in [6.07, 6.45) is 6.44. The minimum atomic E-state index is -3.26. The molecular weight excluding hydrogens is 296 g/mol. The first kappa shape index (κ1) is 14.3. The number of methoxy groups -OCH3 is 1. The number of hydrogen-bond acceptors (Lipinski definition) is 5. The number of hydrogen-bond donors (Lipinski definition) is 1. The smallest absolute Gasteiger partial charge is 0.225 e. The van der Waals surface area contributed by atoms with E-state index in [1.54, 1.807) is 6.07 Å². The SMILES string of the molecule is COc1cc(CS(=O)(=O)NCC2CC3(CCC3)C2)sn1. The first-order valence-electron chi connectivity index (χ1n) is 6.97. The summed E-state index contributed by atoms with van der Waals surface area (Å²) in [5.41, 5.74) is 0.598. The molecule has 0 bridgehead atoms. The summed E-state index contributed by atoms with van der Waals surface area (Å²) < 4.78 is 35.7. The summed E-state index contributed by atoms with van der Waals surface area (Å²) in [4.78, 5) is 0.707. The number of aromatic nitrogens is 1. The molecule has 0 saturated heterocycles. The molecule has 0 atom stereocenters. The largest absolute Gasteiger partial charge is 0.480 e. The topological polar surface area (TPSA) is 68.3 Å². The van der Waals surface area contributed by atoms with Crippen LogP contribution in [0.4, 0.5) is 0 Å². The van der Waals surface area contributed by atoms with Gasteiger partial charge in [-0.05, 0) is 48.5 Å². The zero-order chi connectivity index (χ0) is 14.2. The molecule has 1 N–H and O–H groups in total. The third-order valence-electron chi connectivity index (χ3n) is 4.53. The fourth-order valence-corrected chi connectivity index (χ4v) is 5.55. The fraction of sp³-hybridized carbons (Fsp3) is 0.769. The van der Waals surface area contributed by atoms with Crippen molar-refractivity contribution in [3.05, 3.63) is 10.9 Å². The molecule has 0 aromatic carbocycles. The maximum atomic E-state index is 12.0. The van der Waals surface area contributed by atoms with Gasteiger partial charge in [-0.1, -0.05) is 6.42 Å². The quantitative estimate of drug-likeness (QED) is 0.873. The predicted octanol–water partition coefficient (Wildman–Crippen LogP) is 2.15. The van der Waals surface area contributed by atoms with Gasteiger partial charge < -0.3 is 4.74 Å². The molecule has 0 unspecified atom stereocenters. The van der Waals surface area contributed by atoms with Gasteiger partial charge in [0.1, 0.15) is 5.75 Å². The highest BCUT2D eigenvalue weighted by atomic mass is 32.2. The van der Waals surface area contributed by atoms with E-state index in [1.807, 2.05) is 0 Å². The summed E-state index contributed by atoms with van der Waals surface area (Å²) in [5.74, 6) is 0.999. The second-order valence-electron chi connectivity index (χ2n) is 6.07. The second kappa shape index (κ2) is 5.27. The Labute approximate surface area is 123 Å². The summed E-state index contributed by atoms with van der Waals surface area (Å²) in [5, 5.41) is 0. The molecule has 1 heterocycles. The van der Waals surface area contributed by atoms with Crippen molar-refractivity contribution in [2.75, 3.05) is 13.7 Å². The molecule has 5 nitrogen and oxygen atoms in total. The molecule has 1 aromatic rings. The van der Waals surface area contributed by atoms with Crippen LogP contribution in [0.3, 0.4) is 0 Å². The summed E-state index contributed by atoms with van der Waals surface area (Å²) >= 11 is 1.17. The lowest BCUT2D eigenvalue weighted by Gasteiger charge is -2.54. The first-order valence-corrected chi connectivity index (χ1v) is 9.40. The van der Waals surface area contributed by atoms with Crippen LogP contribution in [0, 0.1) is 11.3 Å². The van der Waals surface area contributed by atoms with Crippen LogP contribution in [-0.2, 0) is 15.8 Å². The molecule has 2 aliphatic rings. The van der Waals surface area contributed by atoms with Crippen LogP contribution in [0.1, 0.15) is 37.0 Å². The van der Waals surface area contributed by atoms with Crippen molar-refractivity contribution >= 4 is 21.6 Å². The van der Waals surface area contributed by atoms with Crippen molar-refractivity contribution in [2.24, 2.45) is 11.3 Å². The predicted molar refractivity (Wildman–Crippen MR) is 78.3 cm³/mol. The lowest BCUT2D eigenvalue weighted by Crippen LogP contribution is -2.46. The van der Waals surface area contributed by atoms with Crippen molar-refractivity contribution < 1.29 is 13.2 Å². The minimum absolute atomic E-state index is 0.00805. The van der Waals surface area contributed by atoms with Gasteiger partial charge in [0.2, 0.25) is 15.9 Å². The molecule has 1 spiro atoms. The molecule has 2 fully saturated rings. The van der Waals surface area contributed by atoms with E-state index in [9.17, 15) is 8.42 Å². The van der Waals surface area contributed by atoms with Gasteiger partial charge in [0.05, 0.1) is 7.11 Å². The Morgan fingerprint density at radius 1 is 1.50 bits per heavy atom. The van der Waals surface area contributed by atoms with Crippen molar-refractivity contribution in [1.82, 2.24) is 9.10 Å². The van der Waals surface area contributed by atoms with Gasteiger partial charge in [0.15, 0.2) is 0 Å². The molecule has 1 aromatic heterocycles. The molecule has 3 rings (SSSR count). The Hall–Kier alpha value is -0.660. The van der Waals surface area contributed by atoms with Crippen molar-refractivity contribution in [3.63, 3.8) is 0 Å². The van der Waals surface area contributed by atoms with Crippen LogP contribution in [-0.4, -0.2) is 26.4 Å². The Kier molecular flexibility index (Phi) is 3.77. The highest BCUT2D eigenvalue weighted by Gasteiger charge is 2.47. The van der Waals surface area contributed by atoms with E-state index in [2.05, 4.69) is 9.10 Å². The lowest BCUT2D eigenvalue weighted by atomic mass is 9.52. The van der Waals surface area contributed by atoms with Crippen molar-refractivity contribution in [1.29, 1.82) is 0 Å². The van der Waals surface area contributed by atoms with E-state index in [-0.39, 0.29) is 5.75 Å². The number of nitrogens with one attached hydrogen (secondary N) is 1. The minimum Gasteiger partial charge on any atom is -0.480 e. The Morgan fingerprint density at radius 2 is 2.25 bits per heavy atom. The summed E-state index contributed by atoms with van der Waals surface area (Å²) in [7, 11) is -1.74. The van der Waals surface area contributed by atoms with Gasteiger partial charge in [-0.2, -0.15) is 4.37 Å². The number of sulfonamides is 1. The standard InChI is InChI=1S/C13H20N2O3S2/c1-18-12-5-11(19-15-12)9-20(16,17)14-8-10-6-13(7-10)3-2-4-13/h5,10,14H,2-4,6-9H2,1H3. The molecule has 0 radical (unpaired) electrons. The molecule has 0 amide bonds. The second-order valence-corrected chi connectivity index (χ2v) is 8.77. The van der Waals surface area contributed by atoms with Crippen LogP contribution in [0.15, 0.2) is 6.07 Å². The average molecular weight is 316 g/mol. The van der Waals surface area contributed by atoms with E-state index < -0.39 is 10.0 Å². The van der Waals surface area contributed by atoms with Gasteiger partial charge in [-0.3, -0.25) is 0 Å². The van der Waals surface area contributed by atoms with Gasteiger partial charge in [0, 0.05) is 17.5 Å². The maximum Gasteiger partial charge on any atom is 0.225 e. The van der Waals surface area contributed by atoms with Gasteiger partial charge in [0.25, 0.3) is 0 Å². The number of ether oxygens (including phenoxy) is 1. The number of rotatable bonds is 6. The third kappa shape index (κ3) is 2.99. The summed E-state index contributed by atoms with van der Waals surface area (Å²) in [6.45, 7) is 0.583. The van der Waals surface area contributed by atoms with Crippen LogP contribution < -0.4 is 9.46 Å². The van der Waals surface area contributed by atoms with Crippen molar-refractivity contribution in [3.8, 4) is 5.88 Å². The Morgan fingerprint density at radius 3 is 2.80 bits per heavy atom. The number of nitrogens with zero attached hydrogens (tertiary/aromatic N) is 1. The monoisotopic (exact) mass is 316 g/mol. The molecule has 2 aliphatic carbocycles. The summed E-state index contributed by atoms with van der Waals surface area (Å²) in [6, 6.07) is 1.68. The molecule has 112 valence electrons. The van der Waals surface area contributed by atoms with E-state index in [0.29, 0.717) is 28.6 Å². The first-order chi connectivity index (χ1) is 9.50. The third-order valence-corrected chi connectivity index (χ3v) is 6.78. The molecule has 2 saturated carbocycles. The van der Waals surface area contributed by atoms with E-state index >= 15 is 0 Å². The highest BCUT2D eigenvalue weighted by molar-refractivity contribution is 7.88. The van der Waals surface area contributed by atoms with Crippen LogP contribution >= 0.6 is 11.5 Å². The zero-order valence-corrected chi connectivity index (χ0v) is 13.2. The lowest BCUT2D eigenvalue weighted by molar-refractivity contribution is -0.0216. The van der Waals surface area contributed by atoms with E-state index in [0.717, 1.165) is 0 Å². The average Bonchev–Trinajstić information content (AvgIpc) is 2.71. The van der Waals surface area contributed by atoms with Gasteiger partial charge in [-0.15, -0.1) is 0 Å². The maximum absolute atomic E-state index is 12.0. The van der Waals surface area contributed by atoms with E-state index in [1.165, 1.54) is 50.7 Å². The van der Waals surface area contributed by atoms with Gasteiger partial charge in [-0.25, -0.2) is 13.1 Å². The molecule has 20 heavy (non-hydrogen) atoms. The fourth-order valence-electron chi connectivity index (χ4n) is 3.34. The molecular formula is C13H20N2O3S2. The van der Waals surface area contributed by atoms with Gasteiger partial charge >= 0.3 is 0 Å². The zero-order valence-electron chi connectivity index (χ0n) is 11.6. The van der Waals surface area contributed by atoms with Crippen molar-refractivity contribution in [2.45, 2.75) is 37.9 Å².